The van der Waals surface area contributed by atoms with E-state index < -0.39 is 0 Å². The number of benzene rings is 1. The van der Waals surface area contributed by atoms with E-state index in [0.29, 0.717) is 19.2 Å². The summed E-state index contributed by atoms with van der Waals surface area (Å²) in [5.41, 5.74) is 8.90. The van der Waals surface area contributed by atoms with Crippen molar-refractivity contribution in [3.8, 4) is 0 Å². The fraction of sp³-hybridized carbons (Fsp3) is 0.625. The first-order chi connectivity index (χ1) is 9.10. The average Bonchev–Trinajstić information content (AvgIpc) is 2.73. The smallest absolute Gasteiger partial charge is 0.0716 e. The summed E-state index contributed by atoms with van der Waals surface area (Å²) >= 11 is 0. The van der Waals surface area contributed by atoms with Crippen LogP contribution in [-0.2, 0) is 11.3 Å². The molecule has 3 heteroatoms. The molecule has 3 nitrogen and oxygen atoms in total. The molecule has 1 heterocycles. The molecule has 0 aliphatic carbocycles. The summed E-state index contributed by atoms with van der Waals surface area (Å²) in [6, 6.07) is 8.80. The minimum absolute atomic E-state index is 0.240. The van der Waals surface area contributed by atoms with Crippen molar-refractivity contribution < 1.29 is 4.74 Å². The van der Waals surface area contributed by atoms with Crippen LogP contribution >= 0.6 is 0 Å². The van der Waals surface area contributed by atoms with Crippen molar-refractivity contribution in [3.05, 3.63) is 35.4 Å². The Morgan fingerprint density at radius 3 is 2.68 bits per heavy atom. The average molecular weight is 262 g/mol. The van der Waals surface area contributed by atoms with Gasteiger partial charge >= 0.3 is 0 Å². The number of hydrogen-bond acceptors (Lipinski definition) is 3. The van der Waals surface area contributed by atoms with Crippen molar-refractivity contribution in [1.82, 2.24) is 4.90 Å². The first-order valence-electron chi connectivity index (χ1n) is 7.13. The molecule has 0 aromatic heterocycles. The van der Waals surface area contributed by atoms with Crippen LogP contribution in [0.1, 0.15) is 43.9 Å². The zero-order valence-corrected chi connectivity index (χ0v) is 12.4. The van der Waals surface area contributed by atoms with Gasteiger partial charge in [0, 0.05) is 25.2 Å². The number of nitrogens with two attached hydrogens (primary N) is 1. The molecule has 2 N–H and O–H groups in total. The van der Waals surface area contributed by atoms with Gasteiger partial charge in [-0.05, 0) is 44.4 Å². The molecular weight excluding hydrogens is 236 g/mol. The van der Waals surface area contributed by atoms with Crippen LogP contribution in [0.3, 0.4) is 0 Å². The van der Waals surface area contributed by atoms with E-state index in [9.17, 15) is 0 Å². The first kappa shape index (κ1) is 14.5. The topological polar surface area (TPSA) is 38.5 Å². The summed E-state index contributed by atoms with van der Waals surface area (Å²) in [5.74, 6) is 0. The Hall–Kier alpha value is -0.900. The minimum atomic E-state index is 0.240. The third-order valence-corrected chi connectivity index (χ3v) is 4.28. The maximum atomic E-state index is 6.09. The molecule has 0 bridgehead atoms. The van der Waals surface area contributed by atoms with Gasteiger partial charge in [0.05, 0.1) is 6.61 Å². The fourth-order valence-corrected chi connectivity index (χ4v) is 3.27. The Morgan fingerprint density at radius 1 is 1.37 bits per heavy atom. The van der Waals surface area contributed by atoms with Gasteiger partial charge in [-0.15, -0.1) is 0 Å². The molecule has 0 spiro atoms. The molecule has 1 saturated heterocycles. The largest absolute Gasteiger partial charge is 0.380 e. The lowest BCUT2D eigenvalue weighted by Gasteiger charge is -2.39. The molecule has 19 heavy (non-hydrogen) atoms. The Morgan fingerprint density at radius 2 is 2.11 bits per heavy atom. The Kier molecular flexibility index (Phi) is 4.61. The van der Waals surface area contributed by atoms with E-state index in [2.05, 4.69) is 43.0 Å². The van der Waals surface area contributed by atoms with Crippen LogP contribution in [0.15, 0.2) is 24.3 Å². The zero-order chi connectivity index (χ0) is 13.9. The summed E-state index contributed by atoms with van der Waals surface area (Å²) in [7, 11) is 1.74. The number of likely N-dealkylation sites (tertiary alicyclic amines) is 1. The summed E-state index contributed by atoms with van der Waals surface area (Å²) < 4.78 is 5.32. The predicted octanol–water partition coefficient (Wildman–Crippen LogP) is 2.71. The second kappa shape index (κ2) is 6.04. The second-order valence-electron chi connectivity index (χ2n) is 5.99. The van der Waals surface area contributed by atoms with E-state index in [1.807, 2.05) is 0 Å². The highest BCUT2D eigenvalue weighted by atomic mass is 16.5. The molecule has 0 radical (unpaired) electrons. The van der Waals surface area contributed by atoms with E-state index in [1.54, 1.807) is 7.11 Å². The summed E-state index contributed by atoms with van der Waals surface area (Å²) in [6.07, 6.45) is 2.51. The van der Waals surface area contributed by atoms with Gasteiger partial charge in [0.15, 0.2) is 0 Å². The normalized spacial score (nSPS) is 20.6. The van der Waals surface area contributed by atoms with Gasteiger partial charge in [-0.25, -0.2) is 0 Å². The van der Waals surface area contributed by atoms with E-state index in [1.165, 1.54) is 24.0 Å². The van der Waals surface area contributed by atoms with E-state index in [4.69, 9.17) is 10.5 Å². The number of ether oxygens (including phenoxy) is 1. The van der Waals surface area contributed by atoms with Gasteiger partial charge in [0.2, 0.25) is 0 Å². The van der Waals surface area contributed by atoms with Crippen LogP contribution in [0, 0.1) is 0 Å². The maximum Gasteiger partial charge on any atom is 0.0716 e. The Labute approximate surface area is 116 Å². The van der Waals surface area contributed by atoms with Crippen molar-refractivity contribution in [3.63, 3.8) is 0 Å². The molecule has 1 aliphatic heterocycles. The number of methoxy groups -OCH3 is 1. The first-order valence-corrected chi connectivity index (χ1v) is 7.13. The van der Waals surface area contributed by atoms with Crippen molar-refractivity contribution in [2.45, 2.75) is 44.9 Å². The highest BCUT2D eigenvalue weighted by Gasteiger charge is 2.37. The highest BCUT2D eigenvalue weighted by Crippen LogP contribution is 2.37. The van der Waals surface area contributed by atoms with Gasteiger partial charge in [0.25, 0.3) is 0 Å². The van der Waals surface area contributed by atoms with Gasteiger partial charge in [0.1, 0.15) is 0 Å². The van der Waals surface area contributed by atoms with Crippen LogP contribution in [0.25, 0.3) is 0 Å². The van der Waals surface area contributed by atoms with Crippen LogP contribution in [0.5, 0.6) is 0 Å². The molecule has 106 valence electrons. The molecule has 2 rings (SSSR count). The quantitative estimate of drug-likeness (QED) is 0.886. The van der Waals surface area contributed by atoms with Crippen LogP contribution < -0.4 is 5.73 Å². The summed E-state index contributed by atoms with van der Waals surface area (Å²) in [6.45, 7) is 7.09. The van der Waals surface area contributed by atoms with Crippen molar-refractivity contribution in [2.75, 3.05) is 20.2 Å². The molecule has 1 fully saturated rings. The van der Waals surface area contributed by atoms with Crippen molar-refractivity contribution >= 4 is 0 Å². The lowest BCUT2D eigenvalue weighted by atomic mass is 9.95. The standard InChI is InChI=1S/C16H26N2O/c1-16(2)9-6-10-18(16)15(11-17)14-8-5-4-7-13(14)12-19-3/h4-5,7-8,15H,6,9-12,17H2,1-3H3. The molecule has 1 atom stereocenters. The number of rotatable bonds is 5. The van der Waals surface area contributed by atoms with E-state index >= 15 is 0 Å². The minimum Gasteiger partial charge on any atom is -0.380 e. The highest BCUT2D eigenvalue weighted by molar-refractivity contribution is 5.30. The van der Waals surface area contributed by atoms with E-state index in [-0.39, 0.29) is 5.54 Å². The van der Waals surface area contributed by atoms with Crippen LogP contribution in [-0.4, -0.2) is 30.6 Å². The molecule has 1 unspecified atom stereocenters. The van der Waals surface area contributed by atoms with Gasteiger partial charge < -0.3 is 10.5 Å². The van der Waals surface area contributed by atoms with Crippen molar-refractivity contribution in [1.29, 1.82) is 0 Å². The van der Waals surface area contributed by atoms with Crippen LogP contribution in [0.2, 0.25) is 0 Å². The molecular formula is C16H26N2O. The van der Waals surface area contributed by atoms with E-state index in [0.717, 1.165) is 6.54 Å². The number of hydrogen-bond donors (Lipinski definition) is 1. The van der Waals surface area contributed by atoms with Crippen molar-refractivity contribution in [2.24, 2.45) is 5.73 Å². The molecule has 1 aromatic carbocycles. The Balaban J connectivity index is 2.31. The summed E-state index contributed by atoms with van der Waals surface area (Å²) in [5, 5.41) is 0. The molecule has 1 aliphatic rings. The maximum absolute atomic E-state index is 6.09. The Bertz CT molecular complexity index is 417. The SMILES string of the molecule is COCc1ccccc1C(CN)N1CCCC1(C)C. The lowest BCUT2D eigenvalue weighted by Crippen LogP contribution is -2.43. The third kappa shape index (κ3) is 2.99. The second-order valence-corrected chi connectivity index (χ2v) is 5.99. The molecule has 1 aromatic rings. The summed E-state index contributed by atoms with van der Waals surface area (Å²) in [4.78, 5) is 2.56. The van der Waals surface area contributed by atoms with Gasteiger partial charge in [-0.3, -0.25) is 4.90 Å². The van der Waals surface area contributed by atoms with Gasteiger partial charge in [-0.2, -0.15) is 0 Å². The molecule has 0 saturated carbocycles. The van der Waals surface area contributed by atoms with Crippen LogP contribution in [0.4, 0.5) is 0 Å². The zero-order valence-electron chi connectivity index (χ0n) is 12.4. The molecule has 0 amide bonds. The lowest BCUT2D eigenvalue weighted by molar-refractivity contribution is 0.116. The monoisotopic (exact) mass is 262 g/mol. The number of nitrogens with zero attached hydrogens (tertiary/aromatic N) is 1. The van der Waals surface area contributed by atoms with Gasteiger partial charge in [-0.1, -0.05) is 24.3 Å². The fourth-order valence-electron chi connectivity index (χ4n) is 3.27. The predicted molar refractivity (Wildman–Crippen MR) is 79.0 cm³/mol. The third-order valence-electron chi connectivity index (χ3n) is 4.28.